The van der Waals surface area contributed by atoms with E-state index in [1.807, 2.05) is 48.5 Å². The Morgan fingerprint density at radius 3 is 1.95 bits per heavy atom. The molecule has 6 heteroatoms. The zero-order valence-electron chi connectivity index (χ0n) is 10.2. The molecule has 0 bridgehead atoms. The maximum atomic E-state index is 11.1. The summed E-state index contributed by atoms with van der Waals surface area (Å²) in [6, 6.07) is 18.5. The van der Waals surface area contributed by atoms with Gasteiger partial charge >= 0.3 is 37.4 Å². The van der Waals surface area contributed by atoms with Crippen molar-refractivity contribution in [3.8, 4) is 0 Å². The van der Waals surface area contributed by atoms with Crippen molar-refractivity contribution in [2.75, 3.05) is 0 Å². The van der Waals surface area contributed by atoms with E-state index in [1.54, 1.807) is 12.1 Å². The van der Waals surface area contributed by atoms with E-state index in [4.69, 9.17) is 14.3 Å². The first-order chi connectivity index (χ1) is 9.04. The van der Waals surface area contributed by atoms with Crippen LogP contribution >= 0.6 is 7.82 Å². The van der Waals surface area contributed by atoms with Gasteiger partial charge < -0.3 is 9.79 Å². The molecule has 2 aromatic rings. The summed E-state index contributed by atoms with van der Waals surface area (Å²) in [6.45, 7) is 0. The molecule has 0 amide bonds. The molecule has 20 heavy (non-hydrogen) atoms. The quantitative estimate of drug-likeness (QED) is 0.657. The molecule has 0 heterocycles. The van der Waals surface area contributed by atoms with Gasteiger partial charge in [-0.05, 0) is 11.1 Å². The van der Waals surface area contributed by atoms with E-state index in [-0.39, 0.29) is 29.6 Å². The summed E-state index contributed by atoms with van der Waals surface area (Å²) in [6.07, 6.45) is -0.250. The molecule has 102 valence electrons. The zero-order chi connectivity index (χ0) is 13.7. The van der Waals surface area contributed by atoms with Crippen LogP contribution in [0.4, 0.5) is 0 Å². The third-order valence-electron chi connectivity index (χ3n) is 2.70. The number of phosphoric ester groups is 1. The Morgan fingerprint density at radius 2 is 1.45 bits per heavy atom. The molecule has 2 rings (SSSR count). The van der Waals surface area contributed by atoms with Gasteiger partial charge in [-0.3, -0.25) is 4.52 Å². The van der Waals surface area contributed by atoms with Crippen molar-refractivity contribution in [3.05, 3.63) is 71.8 Å². The zero-order valence-corrected chi connectivity index (χ0v) is 11.1. The maximum absolute atomic E-state index is 11.1. The van der Waals surface area contributed by atoms with Crippen molar-refractivity contribution >= 4 is 37.4 Å². The Kier molecular flexibility index (Phi) is 7.13. The van der Waals surface area contributed by atoms with Crippen LogP contribution in [-0.2, 0) is 15.5 Å². The standard InChI is InChI=1S/C14H15O4P.Na.H/c15-19(16,17)18-14(13-9-5-2-6-10-13)11-12-7-3-1-4-8-12;;/h1-10,14H,11H2,(H2,15,16,17);;. The van der Waals surface area contributed by atoms with Crippen molar-refractivity contribution in [3.63, 3.8) is 0 Å². The minimum atomic E-state index is -4.52. The van der Waals surface area contributed by atoms with Crippen molar-refractivity contribution in [2.24, 2.45) is 0 Å². The Morgan fingerprint density at radius 1 is 0.950 bits per heavy atom. The summed E-state index contributed by atoms with van der Waals surface area (Å²) >= 11 is 0. The first kappa shape index (κ1) is 17.6. The molecule has 0 aromatic heterocycles. The van der Waals surface area contributed by atoms with Gasteiger partial charge in [-0.2, -0.15) is 0 Å². The van der Waals surface area contributed by atoms with E-state index >= 15 is 0 Å². The molecule has 0 spiro atoms. The first-order valence-corrected chi connectivity index (χ1v) is 7.40. The van der Waals surface area contributed by atoms with E-state index in [9.17, 15) is 4.57 Å². The van der Waals surface area contributed by atoms with Crippen LogP contribution < -0.4 is 0 Å². The minimum absolute atomic E-state index is 0. The third-order valence-corrected chi connectivity index (χ3v) is 3.23. The molecule has 0 fully saturated rings. The van der Waals surface area contributed by atoms with Crippen molar-refractivity contribution in [1.82, 2.24) is 0 Å². The van der Waals surface area contributed by atoms with E-state index < -0.39 is 13.9 Å². The van der Waals surface area contributed by atoms with Gasteiger partial charge in [0.05, 0.1) is 6.10 Å². The molecule has 4 nitrogen and oxygen atoms in total. The van der Waals surface area contributed by atoms with Crippen LogP contribution in [0.3, 0.4) is 0 Å². The first-order valence-electron chi connectivity index (χ1n) is 5.87. The second kappa shape index (κ2) is 8.11. The Bertz CT molecular complexity index is 556. The number of phosphoric acid groups is 1. The molecule has 2 N–H and O–H groups in total. The van der Waals surface area contributed by atoms with E-state index in [0.29, 0.717) is 6.42 Å². The average Bonchev–Trinajstić information content (AvgIpc) is 2.39. The molecule has 1 unspecified atom stereocenters. The van der Waals surface area contributed by atoms with Gasteiger partial charge in [0.25, 0.3) is 0 Å². The fraction of sp³-hybridized carbons (Fsp3) is 0.143. The van der Waals surface area contributed by atoms with Crippen molar-refractivity contribution in [1.29, 1.82) is 0 Å². The van der Waals surface area contributed by atoms with Gasteiger partial charge in [-0.15, -0.1) is 0 Å². The monoisotopic (exact) mass is 302 g/mol. The second-order valence-electron chi connectivity index (χ2n) is 4.19. The Balaban J connectivity index is 0.00000200. The van der Waals surface area contributed by atoms with E-state index in [0.717, 1.165) is 11.1 Å². The summed E-state index contributed by atoms with van der Waals surface area (Å²) in [4.78, 5) is 18.0. The average molecular weight is 302 g/mol. The van der Waals surface area contributed by atoms with Crippen LogP contribution in [0, 0.1) is 0 Å². The number of hydrogen-bond acceptors (Lipinski definition) is 2. The Labute approximate surface area is 140 Å². The fourth-order valence-electron chi connectivity index (χ4n) is 1.88. The van der Waals surface area contributed by atoms with Crippen LogP contribution in [0.5, 0.6) is 0 Å². The molecule has 0 radical (unpaired) electrons. The van der Waals surface area contributed by atoms with E-state index in [1.165, 1.54) is 0 Å². The molecular formula is C14H16NaO4P. The number of hydrogen-bond donors (Lipinski definition) is 2. The Hall–Kier alpha value is -0.450. The van der Waals surface area contributed by atoms with Crippen molar-refractivity contribution < 1.29 is 18.9 Å². The molecule has 0 saturated heterocycles. The normalized spacial score (nSPS) is 12.5. The molecule has 0 saturated carbocycles. The summed E-state index contributed by atoms with van der Waals surface area (Å²) in [5.74, 6) is 0. The predicted molar refractivity (Wildman–Crippen MR) is 79.6 cm³/mol. The van der Waals surface area contributed by atoms with Gasteiger partial charge in [0.2, 0.25) is 0 Å². The molecule has 2 aromatic carbocycles. The van der Waals surface area contributed by atoms with Crippen LogP contribution in [0.2, 0.25) is 0 Å². The predicted octanol–water partition coefficient (Wildman–Crippen LogP) is 2.43. The second-order valence-corrected chi connectivity index (χ2v) is 5.38. The van der Waals surface area contributed by atoms with Crippen LogP contribution in [0.1, 0.15) is 17.2 Å². The topological polar surface area (TPSA) is 66.8 Å². The van der Waals surface area contributed by atoms with Crippen LogP contribution in [-0.4, -0.2) is 39.3 Å². The summed E-state index contributed by atoms with van der Waals surface area (Å²) in [5.41, 5.74) is 1.71. The van der Waals surface area contributed by atoms with Gasteiger partial charge in [-0.25, -0.2) is 4.57 Å². The SMILES string of the molecule is O=P(O)(O)OC(Cc1ccccc1)c1ccccc1.[NaH]. The van der Waals surface area contributed by atoms with Gasteiger partial charge in [0.15, 0.2) is 0 Å². The van der Waals surface area contributed by atoms with Crippen LogP contribution in [0.15, 0.2) is 60.7 Å². The molecule has 0 aliphatic carbocycles. The van der Waals surface area contributed by atoms with E-state index in [2.05, 4.69) is 0 Å². The number of rotatable bonds is 5. The molecule has 0 aliphatic heterocycles. The third kappa shape index (κ3) is 5.90. The van der Waals surface area contributed by atoms with Gasteiger partial charge in [0, 0.05) is 6.42 Å². The van der Waals surface area contributed by atoms with Gasteiger partial charge in [0.1, 0.15) is 0 Å². The molecule has 0 aliphatic rings. The summed E-state index contributed by atoms with van der Waals surface area (Å²) < 4.78 is 16.0. The fourth-order valence-corrected chi connectivity index (χ4v) is 2.41. The summed E-state index contributed by atoms with van der Waals surface area (Å²) in [5, 5.41) is 0. The molecular weight excluding hydrogens is 286 g/mol. The van der Waals surface area contributed by atoms with Crippen molar-refractivity contribution in [2.45, 2.75) is 12.5 Å². The van der Waals surface area contributed by atoms with Crippen LogP contribution in [0.25, 0.3) is 0 Å². The summed E-state index contributed by atoms with van der Waals surface area (Å²) in [7, 11) is -4.52. The molecule has 1 atom stereocenters. The van der Waals surface area contributed by atoms with Gasteiger partial charge in [-0.1, -0.05) is 60.7 Å². The number of benzene rings is 2.